The average molecular weight is 292 g/mol. The first-order chi connectivity index (χ1) is 9.08. The second kappa shape index (κ2) is 6.12. The molecule has 0 unspecified atom stereocenters. The fraction of sp³-hybridized carbons (Fsp3) is 0.286. The zero-order chi connectivity index (χ0) is 13.8. The SMILES string of the molecule is Cc1ccsc1C=NNC(=O)c1csc(C(C)C)c1. The van der Waals surface area contributed by atoms with Crippen molar-refractivity contribution < 1.29 is 4.79 Å². The number of nitrogens with one attached hydrogen (secondary N) is 1. The normalized spacial score (nSPS) is 11.4. The lowest BCUT2D eigenvalue weighted by atomic mass is 10.1. The van der Waals surface area contributed by atoms with Gasteiger partial charge >= 0.3 is 0 Å². The molecular weight excluding hydrogens is 276 g/mol. The van der Waals surface area contributed by atoms with Crippen LogP contribution < -0.4 is 5.43 Å². The molecule has 0 aliphatic carbocycles. The lowest BCUT2D eigenvalue weighted by Crippen LogP contribution is -2.16. The van der Waals surface area contributed by atoms with Crippen LogP contribution in [0.25, 0.3) is 0 Å². The summed E-state index contributed by atoms with van der Waals surface area (Å²) in [6.45, 7) is 6.25. The maximum atomic E-state index is 11.9. The zero-order valence-corrected chi connectivity index (χ0v) is 12.8. The fourth-order valence-electron chi connectivity index (χ4n) is 1.51. The van der Waals surface area contributed by atoms with Gasteiger partial charge in [0.1, 0.15) is 0 Å². The third-order valence-electron chi connectivity index (χ3n) is 2.70. The Labute approximate surface area is 121 Å². The van der Waals surface area contributed by atoms with Gasteiger partial charge in [-0.1, -0.05) is 13.8 Å². The van der Waals surface area contributed by atoms with Gasteiger partial charge in [0, 0.05) is 15.1 Å². The molecule has 0 aliphatic rings. The van der Waals surface area contributed by atoms with Crippen molar-refractivity contribution in [3.63, 3.8) is 0 Å². The second-order valence-corrected chi connectivity index (χ2v) is 6.45. The average Bonchev–Trinajstić information content (AvgIpc) is 2.98. The van der Waals surface area contributed by atoms with Crippen LogP contribution in [0, 0.1) is 6.92 Å². The Hall–Kier alpha value is -1.46. The van der Waals surface area contributed by atoms with Crippen LogP contribution in [0.3, 0.4) is 0 Å². The van der Waals surface area contributed by atoms with Gasteiger partial charge in [-0.25, -0.2) is 5.43 Å². The van der Waals surface area contributed by atoms with Gasteiger partial charge in [0.05, 0.1) is 11.8 Å². The van der Waals surface area contributed by atoms with Crippen LogP contribution in [-0.4, -0.2) is 12.1 Å². The minimum atomic E-state index is -0.159. The standard InChI is InChI=1S/C14H16N2OS2/c1-9(2)12-6-11(8-19-12)14(17)16-15-7-13-10(3)4-5-18-13/h4-9H,1-3H3,(H,16,17). The van der Waals surface area contributed by atoms with Crippen LogP contribution in [0.15, 0.2) is 28.0 Å². The highest BCUT2D eigenvalue weighted by Gasteiger charge is 2.09. The van der Waals surface area contributed by atoms with Gasteiger partial charge in [-0.15, -0.1) is 22.7 Å². The van der Waals surface area contributed by atoms with Crippen LogP contribution in [0.5, 0.6) is 0 Å². The Kier molecular flexibility index (Phi) is 4.50. The highest BCUT2D eigenvalue weighted by molar-refractivity contribution is 7.12. The molecule has 0 saturated heterocycles. The Morgan fingerprint density at radius 3 is 2.79 bits per heavy atom. The molecule has 2 heterocycles. The highest BCUT2D eigenvalue weighted by Crippen LogP contribution is 2.23. The summed E-state index contributed by atoms with van der Waals surface area (Å²) in [5, 5.41) is 7.87. The topological polar surface area (TPSA) is 41.5 Å². The van der Waals surface area contributed by atoms with Gasteiger partial charge in [0.2, 0.25) is 0 Å². The van der Waals surface area contributed by atoms with Gasteiger partial charge in [0.15, 0.2) is 0 Å². The number of amides is 1. The molecule has 2 aromatic heterocycles. The van der Waals surface area contributed by atoms with Gasteiger partial charge in [-0.3, -0.25) is 4.79 Å². The molecule has 0 fully saturated rings. The quantitative estimate of drug-likeness (QED) is 0.671. The van der Waals surface area contributed by atoms with E-state index in [9.17, 15) is 4.79 Å². The molecule has 0 aliphatic heterocycles. The first-order valence-corrected chi connectivity index (χ1v) is 7.79. The lowest BCUT2D eigenvalue weighted by molar-refractivity contribution is 0.0955. The predicted octanol–water partition coefficient (Wildman–Crippen LogP) is 4.01. The van der Waals surface area contributed by atoms with Crippen molar-refractivity contribution in [2.75, 3.05) is 0 Å². The number of rotatable bonds is 4. The lowest BCUT2D eigenvalue weighted by Gasteiger charge is -1.98. The number of hydrogen-bond donors (Lipinski definition) is 1. The predicted molar refractivity (Wildman–Crippen MR) is 82.5 cm³/mol. The first-order valence-electron chi connectivity index (χ1n) is 6.04. The summed E-state index contributed by atoms with van der Waals surface area (Å²) in [6.07, 6.45) is 1.69. The van der Waals surface area contributed by atoms with Crippen molar-refractivity contribution >= 4 is 34.8 Å². The summed E-state index contributed by atoms with van der Waals surface area (Å²) >= 11 is 3.22. The summed E-state index contributed by atoms with van der Waals surface area (Å²) in [5.74, 6) is 0.289. The Morgan fingerprint density at radius 1 is 1.42 bits per heavy atom. The third-order valence-corrected chi connectivity index (χ3v) is 4.89. The molecule has 0 radical (unpaired) electrons. The Balaban J connectivity index is 1.97. The van der Waals surface area contributed by atoms with E-state index in [1.165, 1.54) is 10.4 Å². The monoisotopic (exact) mass is 292 g/mol. The molecule has 3 nitrogen and oxygen atoms in total. The van der Waals surface area contributed by atoms with Gasteiger partial charge in [0.25, 0.3) is 5.91 Å². The molecule has 1 amide bonds. The minimum absolute atomic E-state index is 0.159. The Morgan fingerprint density at radius 2 is 2.21 bits per heavy atom. The number of aryl methyl sites for hydroxylation is 1. The van der Waals surface area contributed by atoms with E-state index in [0.717, 1.165) is 4.88 Å². The van der Waals surface area contributed by atoms with Crippen LogP contribution >= 0.6 is 22.7 Å². The number of hydrazone groups is 1. The molecule has 0 atom stereocenters. The maximum Gasteiger partial charge on any atom is 0.272 e. The largest absolute Gasteiger partial charge is 0.272 e. The van der Waals surface area contributed by atoms with Crippen LogP contribution in [0.2, 0.25) is 0 Å². The summed E-state index contributed by atoms with van der Waals surface area (Å²) < 4.78 is 0. The molecule has 100 valence electrons. The zero-order valence-electron chi connectivity index (χ0n) is 11.1. The van der Waals surface area contributed by atoms with E-state index in [0.29, 0.717) is 11.5 Å². The fourth-order valence-corrected chi connectivity index (χ4v) is 3.20. The van der Waals surface area contributed by atoms with E-state index >= 15 is 0 Å². The Bertz CT molecular complexity index is 596. The number of carbonyl (C=O) groups excluding carboxylic acids is 1. The molecule has 1 N–H and O–H groups in total. The number of nitrogens with zero attached hydrogens (tertiary/aromatic N) is 1. The minimum Gasteiger partial charge on any atom is -0.267 e. The molecule has 0 spiro atoms. The molecule has 0 bridgehead atoms. The van der Waals surface area contributed by atoms with Gasteiger partial charge < -0.3 is 0 Å². The summed E-state index contributed by atoms with van der Waals surface area (Å²) in [6, 6.07) is 3.96. The molecule has 19 heavy (non-hydrogen) atoms. The smallest absolute Gasteiger partial charge is 0.267 e. The van der Waals surface area contributed by atoms with Crippen molar-refractivity contribution in [2.45, 2.75) is 26.7 Å². The van der Waals surface area contributed by atoms with Crippen molar-refractivity contribution in [2.24, 2.45) is 5.10 Å². The maximum absolute atomic E-state index is 11.9. The van der Waals surface area contributed by atoms with Crippen molar-refractivity contribution in [3.8, 4) is 0 Å². The second-order valence-electron chi connectivity index (χ2n) is 4.56. The van der Waals surface area contributed by atoms with E-state index in [1.807, 2.05) is 29.8 Å². The van der Waals surface area contributed by atoms with Crippen LogP contribution in [0.4, 0.5) is 0 Å². The van der Waals surface area contributed by atoms with Gasteiger partial charge in [-0.2, -0.15) is 5.10 Å². The van der Waals surface area contributed by atoms with Crippen molar-refractivity contribution in [3.05, 3.63) is 43.8 Å². The molecule has 2 rings (SSSR count). The van der Waals surface area contributed by atoms with Crippen molar-refractivity contribution in [1.82, 2.24) is 5.43 Å². The molecule has 5 heteroatoms. The number of thiophene rings is 2. The van der Waals surface area contributed by atoms with E-state index in [-0.39, 0.29) is 5.91 Å². The van der Waals surface area contributed by atoms with Gasteiger partial charge in [-0.05, 0) is 35.9 Å². The molecule has 0 aromatic carbocycles. The molecule has 2 aromatic rings. The van der Waals surface area contributed by atoms with E-state index < -0.39 is 0 Å². The summed E-state index contributed by atoms with van der Waals surface area (Å²) in [7, 11) is 0. The highest BCUT2D eigenvalue weighted by atomic mass is 32.1. The summed E-state index contributed by atoms with van der Waals surface area (Å²) in [5.41, 5.74) is 4.40. The van der Waals surface area contributed by atoms with E-state index in [1.54, 1.807) is 28.9 Å². The first kappa shape index (κ1) is 14.0. The summed E-state index contributed by atoms with van der Waals surface area (Å²) in [4.78, 5) is 14.2. The number of hydrogen-bond acceptors (Lipinski definition) is 4. The molecule has 0 saturated carbocycles. The third kappa shape index (κ3) is 3.52. The van der Waals surface area contributed by atoms with E-state index in [2.05, 4.69) is 24.4 Å². The van der Waals surface area contributed by atoms with E-state index in [4.69, 9.17) is 0 Å². The molecular formula is C14H16N2OS2. The number of carbonyl (C=O) groups is 1. The van der Waals surface area contributed by atoms with Crippen molar-refractivity contribution in [1.29, 1.82) is 0 Å². The van der Waals surface area contributed by atoms with Crippen LogP contribution in [0.1, 0.15) is 45.4 Å². The van der Waals surface area contributed by atoms with Crippen LogP contribution in [-0.2, 0) is 0 Å².